The number of nitrogens with zero attached hydrogens (tertiary/aromatic N) is 2. The molecule has 0 fully saturated rings. The second-order valence-electron chi connectivity index (χ2n) is 16.5. The summed E-state index contributed by atoms with van der Waals surface area (Å²) in [6, 6.07) is 57.0. The third-order valence-electron chi connectivity index (χ3n) is 12.7. The number of rotatable bonds is 5. The lowest BCUT2D eigenvalue weighted by molar-refractivity contribution is 0.660. The molecule has 0 unspecified atom stereocenters. The molecule has 10 rings (SSSR count). The standard InChI is InChI=1S/C54H46N2/c1-33-20-27-50-47(28-33)45-19-13-18-42(38-14-9-8-10-15-38)53(45)56(50)41-25-26-46-48(31-41)54(6,7)49-32-51(43-16-11-12-17-44(43)52(46)49)55(39-23-21-34(2)36(4)29-39)40-24-22-35(3)37(5)30-40/h8-32H,1-7H3. The summed E-state index contributed by atoms with van der Waals surface area (Å²) in [5.74, 6) is 0. The van der Waals surface area contributed by atoms with Crippen LogP contribution in [-0.4, -0.2) is 4.57 Å². The lowest BCUT2D eigenvalue weighted by atomic mass is 9.81. The first-order valence-corrected chi connectivity index (χ1v) is 19.9. The molecule has 2 heteroatoms. The fourth-order valence-corrected chi connectivity index (χ4v) is 9.33. The van der Waals surface area contributed by atoms with Gasteiger partial charge in [-0.15, -0.1) is 0 Å². The second kappa shape index (κ2) is 12.6. The number of anilines is 3. The van der Waals surface area contributed by atoms with Crippen LogP contribution in [0, 0.1) is 34.6 Å². The molecule has 0 saturated heterocycles. The van der Waals surface area contributed by atoms with Gasteiger partial charge in [-0.05, 0) is 145 Å². The van der Waals surface area contributed by atoms with E-state index < -0.39 is 0 Å². The predicted molar refractivity (Wildman–Crippen MR) is 240 cm³/mol. The molecule has 0 amide bonds. The fraction of sp³-hybridized carbons (Fsp3) is 0.148. The third kappa shape index (κ3) is 5.09. The monoisotopic (exact) mass is 722 g/mol. The molecule has 0 N–H and O–H groups in total. The highest BCUT2D eigenvalue weighted by Crippen LogP contribution is 2.55. The molecule has 0 saturated carbocycles. The van der Waals surface area contributed by atoms with Crippen molar-refractivity contribution in [2.24, 2.45) is 0 Å². The van der Waals surface area contributed by atoms with Crippen molar-refractivity contribution in [3.05, 3.63) is 191 Å². The van der Waals surface area contributed by atoms with E-state index >= 15 is 0 Å². The molecule has 2 nitrogen and oxygen atoms in total. The minimum absolute atomic E-state index is 0.255. The van der Waals surface area contributed by atoms with Crippen LogP contribution in [0.15, 0.2) is 152 Å². The molecular formula is C54H46N2. The Bertz CT molecular complexity index is 3000. The first-order valence-electron chi connectivity index (χ1n) is 19.9. The van der Waals surface area contributed by atoms with Crippen LogP contribution >= 0.6 is 0 Å². The lowest BCUT2D eigenvalue weighted by Gasteiger charge is -2.30. The van der Waals surface area contributed by atoms with Crippen LogP contribution in [-0.2, 0) is 5.41 Å². The Hall–Kier alpha value is -6.38. The van der Waals surface area contributed by atoms with Gasteiger partial charge in [0.15, 0.2) is 0 Å². The van der Waals surface area contributed by atoms with Crippen molar-refractivity contribution in [1.29, 1.82) is 0 Å². The SMILES string of the molecule is Cc1ccc2c(c1)c1cccc(-c3ccccc3)c1n2-c1ccc2c(c1)C(C)(C)c1cc(N(c3ccc(C)c(C)c3)c3ccc(C)c(C)c3)c3ccccc3c1-2. The summed E-state index contributed by atoms with van der Waals surface area (Å²) in [6.45, 7) is 15.9. The van der Waals surface area contributed by atoms with Crippen molar-refractivity contribution in [3.8, 4) is 27.9 Å². The van der Waals surface area contributed by atoms with Gasteiger partial charge in [-0.2, -0.15) is 0 Å². The Kier molecular flexibility index (Phi) is 7.67. The molecule has 0 bridgehead atoms. The van der Waals surface area contributed by atoms with E-state index in [1.54, 1.807) is 0 Å². The minimum atomic E-state index is -0.255. The number of aromatic nitrogens is 1. The molecule has 1 aromatic heterocycles. The second-order valence-corrected chi connectivity index (χ2v) is 16.5. The topological polar surface area (TPSA) is 8.17 Å². The maximum atomic E-state index is 2.51. The van der Waals surface area contributed by atoms with Crippen LogP contribution in [0.3, 0.4) is 0 Å². The summed E-state index contributed by atoms with van der Waals surface area (Å²) in [7, 11) is 0. The van der Waals surface area contributed by atoms with E-state index in [2.05, 4.69) is 210 Å². The number of fused-ring (bicyclic) bond motifs is 8. The van der Waals surface area contributed by atoms with Crippen LogP contribution in [0.25, 0.3) is 60.5 Å². The first kappa shape index (κ1) is 34.1. The third-order valence-corrected chi connectivity index (χ3v) is 12.7. The Morgan fingerprint density at radius 2 is 1.12 bits per heavy atom. The van der Waals surface area contributed by atoms with E-state index in [-0.39, 0.29) is 5.41 Å². The van der Waals surface area contributed by atoms with Crippen molar-refractivity contribution in [1.82, 2.24) is 4.57 Å². The first-order chi connectivity index (χ1) is 27.1. The number of hydrogen-bond acceptors (Lipinski definition) is 1. The predicted octanol–water partition coefficient (Wildman–Crippen LogP) is 14.9. The number of para-hydroxylation sites is 1. The maximum absolute atomic E-state index is 2.51. The summed E-state index contributed by atoms with van der Waals surface area (Å²) >= 11 is 0. The normalized spacial score (nSPS) is 13.1. The van der Waals surface area contributed by atoms with Crippen molar-refractivity contribution >= 4 is 49.6 Å². The highest BCUT2D eigenvalue weighted by Gasteiger charge is 2.38. The number of hydrogen-bond donors (Lipinski definition) is 0. The average molecular weight is 723 g/mol. The summed E-state index contributed by atoms with van der Waals surface area (Å²) in [5, 5.41) is 5.10. The van der Waals surface area contributed by atoms with Gasteiger partial charge in [-0.25, -0.2) is 0 Å². The molecule has 8 aromatic carbocycles. The average Bonchev–Trinajstić information content (AvgIpc) is 3.65. The Labute approximate surface area is 330 Å². The van der Waals surface area contributed by atoms with Gasteiger partial charge in [-0.3, -0.25) is 0 Å². The Morgan fingerprint density at radius 1 is 0.464 bits per heavy atom. The smallest absolute Gasteiger partial charge is 0.0619 e. The molecule has 9 aromatic rings. The zero-order valence-corrected chi connectivity index (χ0v) is 33.3. The van der Waals surface area contributed by atoms with Gasteiger partial charge in [0.05, 0.1) is 16.7 Å². The molecule has 0 atom stereocenters. The summed E-state index contributed by atoms with van der Waals surface area (Å²) in [5.41, 5.74) is 21.3. The minimum Gasteiger partial charge on any atom is -0.310 e. The van der Waals surface area contributed by atoms with Crippen LogP contribution in [0.5, 0.6) is 0 Å². The molecule has 0 radical (unpaired) electrons. The maximum Gasteiger partial charge on any atom is 0.0619 e. The highest BCUT2D eigenvalue weighted by molar-refractivity contribution is 6.14. The highest BCUT2D eigenvalue weighted by atomic mass is 15.1. The van der Waals surface area contributed by atoms with E-state index in [0.29, 0.717) is 0 Å². The van der Waals surface area contributed by atoms with Crippen LogP contribution < -0.4 is 4.90 Å². The molecule has 56 heavy (non-hydrogen) atoms. The molecule has 272 valence electrons. The quantitative estimate of drug-likeness (QED) is 0.172. The Balaban J connectivity index is 1.22. The van der Waals surface area contributed by atoms with Gasteiger partial charge in [0, 0.05) is 44.2 Å². The summed E-state index contributed by atoms with van der Waals surface area (Å²) in [4.78, 5) is 2.48. The van der Waals surface area contributed by atoms with Gasteiger partial charge in [0.25, 0.3) is 0 Å². The van der Waals surface area contributed by atoms with E-state index in [1.807, 2.05) is 0 Å². The summed E-state index contributed by atoms with van der Waals surface area (Å²) in [6.07, 6.45) is 0. The molecule has 1 aliphatic carbocycles. The number of benzene rings is 8. The van der Waals surface area contributed by atoms with Crippen molar-refractivity contribution in [2.75, 3.05) is 4.90 Å². The molecule has 1 heterocycles. The zero-order chi connectivity index (χ0) is 38.5. The van der Waals surface area contributed by atoms with Gasteiger partial charge in [-0.1, -0.05) is 116 Å². The van der Waals surface area contributed by atoms with Gasteiger partial charge < -0.3 is 9.47 Å². The van der Waals surface area contributed by atoms with Gasteiger partial charge in [0.1, 0.15) is 0 Å². The zero-order valence-electron chi connectivity index (χ0n) is 33.3. The van der Waals surface area contributed by atoms with Crippen LogP contribution in [0.1, 0.15) is 52.8 Å². The van der Waals surface area contributed by atoms with Crippen LogP contribution in [0.4, 0.5) is 17.1 Å². The fourth-order valence-electron chi connectivity index (χ4n) is 9.33. The van der Waals surface area contributed by atoms with E-state index in [1.165, 1.54) is 117 Å². The lowest BCUT2D eigenvalue weighted by Crippen LogP contribution is -2.17. The van der Waals surface area contributed by atoms with E-state index in [0.717, 1.165) is 0 Å². The van der Waals surface area contributed by atoms with E-state index in [4.69, 9.17) is 0 Å². The molecular weight excluding hydrogens is 677 g/mol. The molecule has 1 aliphatic rings. The number of aryl methyl sites for hydroxylation is 5. The van der Waals surface area contributed by atoms with Crippen LogP contribution in [0.2, 0.25) is 0 Å². The molecule has 0 aliphatic heterocycles. The van der Waals surface area contributed by atoms with E-state index in [9.17, 15) is 0 Å². The van der Waals surface area contributed by atoms with Crippen molar-refractivity contribution < 1.29 is 0 Å². The van der Waals surface area contributed by atoms with Gasteiger partial charge >= 0.3 is 0 Å². The van der Waals surface area contributed by atoms with Gasteiger partial charge in [0.2, 0.25) is 0 Å². The largest absolute Gasteiger partial charge is 0.310 e. The summed E-state index contributed by atoms with van der Waals surface area (Å²) < 4.78 is 2.51. The van der Waals surface area contributed by atoms with Crippen molar-refractivity contribution in [2.45, 2.75) is 53.9 Å². The van der Waals surface area contributed by atoms with Crippen molar-refractivity contribution in [3.63, 3.8) is 0 Å². The Morgan fingerprint density at radius 3 is 1.82 bits per heavy atom. The molecule has 0 spiro atoms.